The first-order chi connectivity index (χ1) is 8.95. The Morgan fingerprint density at radius 2 is 2.21 bits per heavy atom. The fourth-order valence-electron chi connectivity index (χ4n) is 1.64. The number of nitrogens with zero attached hydrogens (tertiary/aromatic N) is 1. The van der Waals surface area contributed by atoms with Crippen molar-refractivity contribution in [2.45, 2.75) is 26.3 Å². The number of carbonyl (C=O) groups excluding carboxylic acids is 1. The van der Waals surface area contributed by atoms with Gasteiger partial charge in [-0.1, -0.05) is 23.7 Å². The second-order valence-corrected chi connectivity index (χ2v) is 5.01. The van der Waals surface area contributed by atoms with Crippen LogP contribution in [-0.2, 0) is 11.2 Å². The predicted octanol–water partition coefficient (Wildman–Crippen LogP) is 2.09. The predicted molar refractivity (Wildman–Crippen MR) is 77.6 cm³/mol. The Balaban J connectivity index is 2.79. The number of benzene rings is 1. The van der Waals surface area contributed by atoms with E-state index in [1.54, 1.807) is 18.0 Å². The van der Waals surface area contributed by atoms with Crippen LogP contribution in [0.25, 0.3) is 0 Å². The summed E-state index contributed by atoms with van der Waals surface area (Å²) in [7, 11) is 1.74. The van der Waals surface area contributed by atoms with Gasteiger partial charge in [-0.15, -0.1) is 0 Å². The molecule has 1 aromatic carbocycles. The minimum atomic E-state index is -0.0748. The van der Waals surface area contributed by atoms with E-state index in [0.717, 1.165) is 5.56 Å². The largest absolute Gasteiger partial charge is 0.482 e. The minimum Gasteiger partial charge on any atom is -0.482 e. The molecule has 19 heavy (non-hydrogen) atoms. The number of likely N-dealkylation sites (N-methyl/N-ethyl adjacent to an activating group) is 1. The van der Waals surface area contributed by atoms with Crippen LogP contribution in [0.5, 0.6) is 5.75 Å². The zero-order valence-electron chi connectivity index (χ0n) is 11.6. The second kappa shape index (κ2) is 7.36. The van der Waals surface area contributed by atoms with Crippen LogP contribution in [0.1, 0.15) is 19.4 Å². The average Bonchev–Trinajstić information content (AvgIpc) is 2.36. The molecule has 1 aromatic rings. The Bertz CT molecular complexity index is 435. The highest BCUT2D eigenvalue weighted by Crippen LogP contribution is 2.29. The van der Waals surface area contributed by atoms with Gasteiger partial charge in [-0.05, 0) is 31.9 Å². The van der Waals surface area contributed by atoms with E-state index in [-0.39, 0.29) is 18.6 Å². The lowest BCUT2D eigenvalue weighted by atomic mass is 10.1. The van der Waals surface area contributed by atoms with Gasteiger partial charge in [0.1, 0.15) is 5.75 Å². The normalized spacial score (nSPS) is 12.1. The van der Waals surface area contributed by atoms with Gasteiger partial charge in [0.2, 0.25) is 0 Å². The van der Waals surface area contributed by atoms with E-state index in [0.29, 0.717) is 23.7 Å². The van der Waals surface area contributed by atoms with Crippen molar-refractivity contribution in [1.82, 2.24) is 4.90 Å². The Morgan fingerprint density at radius 3 is 2.79 bits per heavy atom. The Morgan fingerprint density at radius 1 is 1.53 bits per heavy atom. The van der Waals surface area contributed by atoms with Crippen molar-refractivity contribution in [3.63, 3.8) is 0 Å². The molecule has 1 rings (SSSR count). The third-order valence-electron chi connectivity index (χ3n) is 2.83. The van der Waals surface area contributed by atoms with Gasteiger partial charge < -0.3 is 15.4 Å². The first-order valence-electron chi connectivity index (χ1n) is 6.35. The monoisotopic (exact) mass is 284 g/mol. The molecule has 0 aliphatic heterocycles. The van der Waals surface area contributed by atoms with Gasteiger partial charge in [0.05, 0.1) is 5.02 Å². The quantitative estimate of drug-likeness (QED) is 0.870. The molecule has 0 radical (unpaired) electrons. The van der Waals surface area contributed by atoms with Gasteiger partial charge in [-0.2, -0.15) is 0 Å². The van der Waals surface area contributed by atoms with Crippen molar-refractivity contribution < 1.29 is 9.53 Å². The van der Waals surface area contributed by atoms with Gasteiger partial charge in [0.15, 0.2) is 6.61 Å². The molecule has 1 unspecified atom stereocenters. The SMILES string of the molecule is CCN(C)C(=O)COc1c(Cl)cccc1CC(C)N. The van der Waals surface area contributed by atoms with Crippen molar-refractivity contribution in [2.75, 3.05) is 20.2 Å². The summed E-state index contributed by atoms with van der Waals surface area (Å²) in [5, 5.41) is 0.505. The lowest BCUT2D eigenvalue weighted by molar-refractivity contribution is -0.131. The van der Waals surface area contributed by atoms with E-state index in [1.165, 1.54) is 0 Å². The average molecular weight is 285 g/mol. The summed E-state index contributed by atoms with van der Waals surface area (Å²) < 4.78 is 5.57. The Labute approximate surface area is 119 Å². The molecule has 1 amide bonds. The summed E-state index contributed by atoms with van der Waals surface area (Å²) in [6, 6.07) is 5.52. The highest BCUT2D eigenvalue weighted by atomic mass is 35.5. The van der Waals surface area contributed by atoms with E-state index in [1.807, 2.05) is 26.0 Å². The summed E-state index contributed by atoms with van der Waals surface area (Å²) in [6.45, 7) is 4.47. The molecule has 0 aliphatic rings. The topological polar surface area (TPSA) is 55.6 Å². The van der Waals surface area contributed by atoms with Gasteiger partial charge in [0, 0.05) is 19.6 Å². The number of hydrogen-bond acceptors (Lipinski definition) is 3. The van der Waals surface area contributed by atoms with Crippen LogP contribution in [0.3, 0.4) is 0 Å². The first kappa shape index (κ1) is 15.8. The summed E-state index contributed by atoms with van der Waals surface area (Å²) >= 11 is 6.12. The van der Waals surface area contributed by atoms with E-state index in [9.17, 15) is 4.79 Å². The van der Waals surface area contributed by atoms with E-state index in [2.05, 4.69) is 0 Å². The maximum absolute atomic E-state index is 11.7. The third-order valence-corrected chi connectivity index (χ3v) is 3.13. The molecular formula is C14H21ClN2O2. The number of amides is 1. The van der Waals surface area contributed by atoms with Crippen LogP contribution >= 0.6 is 11.6 Å². The summed E-state index contributed by atoms with van der Waals surface area (Å²) in [6.07, 6.45) is 0.660. The van der Waals surface area contributed by atoms with Crippen LogP contribution < -0.4 is 10.5 Å². The van der Waals surface area contributed by atoms with Crippen molar-refractivity contribution in [1.29, 1.82) is 0 Å². The molecule has 0 saturated heterocycles. The lowest BCUT2D eigenvalue weighted by Crippen LogP contribution is -2.31. The summed E-state index contributed by atoms with van der Waals surface area (Å²) in [5.74, 6) is 0.480. The first-order valence-corrected chi connectivity index (χ1v) is 6.73. The smallest absolute Gasteiger partial charge is 0.260 e. The Hall–Kier alpha value is -1.26. The van der Waals surface area contributed by atoms with E-state index >= 15 is 0 Å². The molecule has 0 spiro atoms. The number of para-hydroxylation sites is 1. The molecule has 0 heterocycles. The highest BCUT2D eigenvalue weighted by molar-refractivity contribution is 6.32. The van der Waals surface area contributed by atoms with Gasteiger partial charge >= 0.3 is 0 Å². The molecule has 4 nitrogen and oxygen atoms in total. The molecule has 0 aliphatic carbocycles. The third kappa shape index (κ3) is 4.73. The second-order valence-electron chi connectivity index (χ2n) is 4.61. The number of hydrogen-bond donors (Lipinski definition) is 1. The van der Waals surface area contributed by atoms with Gasteiger partial charge in [0.25, 0.3) is 5.91 Å². The standard InChI is InChI=1S/C14H21ClN2O2/c1-4-17(3)13(18)9-19-14-11(8-10(2)16)6-5-7-12(14)15/h5-7,10H,4,8-9,16H2,1-3H3. The number of carbonyl (C=O) groups is 1. The highest BCUT2D eigenvalue weighted by Gasteiger charge is 2.13. The van der Waals surface area contributed by atoms with Crippen molar-refractivity contribution in [3.05, 3.63) is 28.8 Å². The maximum atomic E-state index is 11.7. The lowest BCUT2D eigenvalue weighted by Gasteiger charge is -2.17. The van der Waals surface area contributed by atoms with Crippen molar-refractivity contribution >= 4 is 17.5 Å². The number of rotatable bonds is 6. The van der Waals surface area contributed by atoms with E-state index in [4.69, 9.17) is 22.1 Å². The van der Waals surface area contributed by atoms with Crippen LogP contribution in [0.15, 0.2) is 18.2 Å². The van der Waals surface area contributed by atoms with Crippen LogP contribution in [0, 0.1) is 0 Å². The molecule has 0 fully saturated rings. The summed E-state index contributed by atoms with van der Waals surface area (Å²) in [4.78, 5) is 13.3. The van der Waals surface area contributed by atoms with E-state index < -0.39 is 0 Å². The molecule has 106 valence electrons. The molecular weight excluding hydrogens is 264 g/mol. The van der Waals surface area contributed by atoms with Gasteiger partial charge in [-0.25, -0.2) is 0 Å². The molecule has 1 atom stereocenters. The minimum absolute atomic E-state index is 0.00911. The number of halogens is 1. The number of ether oxygens (including phenoxy) is 1. The number of nitrogens with two attached hydrogens (primary N) is 1. The molecule has 0 aromatic heterocycles. The zero-order chi connectivity index (χ0) is 14.4. The van der Waals surface area contributed by atoms with Gasteiger partial charge in [-0.3, -0.25) is 4.79 Å². The van der Waals surface area contributed by atoms with Crippen LogP contribution in [0.2, 0.25) is 5.02 Å². The molecule has 0 saturated carbocycles. The van der Waals surface area contributed by atoms with Crippen molar-refractivity contribution in [2.24, 2.45) is 5.73 Å². The van der Waals surface area contributed by atoms with Crippen LogP contribution in [0.4, 0.5) is 0 Å². The molecule has 2 N–H and O–H groups in total. The maximum Gasteiger partial charge on any atom is 0.260 e. The molecule has 0 bridgehead atoms. The Kier molecular flexibility index (Phi) is 6.12. The van der Waals surface area contributed by atoms with Crippen molar-refractivity contribution in [3.8, 4) is 5.75 Å². The zero-order valence-corrected chi connectivity index (χ0v) is 12.4. The fraction of sp³-hybridized carbons (Fsp3) is 0.500. The summed E-state index contributed by atoms with van der Waals surface area (Å²) in [5.41, 5.74) is 6.72. The molecule has 5 heteroatoms. The van der Waals surface area contributed by atoms with Crippen LogP contribution in [-0.4, -0.2) is 37.0 Å². The fourth-order valence-corrected chi connectivity index (χ4v) is 1.89.